The zero-order valence-corrected chi connectivity index (χ0v) is 12.2. The van der Waals surface area contributed by atoms with Gasteiger partial charge in [-0.3, -0.25) is 9.59 Å². The van der Waals surface area contributed by atoms with E-state index >= 15 is 0 Å². The first kappa shape index (κ1) is 14.4. The van der Waals surface area contributed by atoms with Gasteiger partial charge in [0.05, 0.1) is 18.7 Å². The maximum absolute atomic E-state index is 12.6. The number of cyclic esters (lactones) is 1. The molecule has 2 heterocycles. The predicted molar refractivity (Wildman–Crippen MR) is 75.5 cm³/mol. The van der Waals surface area contributed by atoms with Crippen molar-refractivity contribution in [2.24, 2.45) is 0 Å². The molecule has 3 rings (SSSR count). The van der Waals surface area contributed by atoms with Crippen LogP contribution < -0.4 is 4.74 Å². The molecule has 0 radical (unpaired) electrons. The smallest absolute Gasteiger partial charge is 0.417 e. The number of nitrogens with zero attached hydrogens (tertiary/aromatic N) is 2. The molecule has 0 saturated carbocycles. The molecule has 22 heavy (non-hydrogen) atoms. The summed E-state index contributed by atoms with van der Waals surface area (Å²) in [5.41, 5.74) is 0.473. The molecule has 0 bridgehead atoms. The van der Waals surface area contributed by atoms with Gasteiger partial charge in [-0.25, -0.2) is 9.69 Å². The van der Waals surface area contributed by atoms with E-state index in [2.05, 4.69) is 0 Å². The summed E-state index contributed by atoms with van der Waals surface area (Å²) in [6, 6.07) is 6.67. The third-order valence-corrected chi connectivity index (χ3v) is 3.94. The van der Waals surface area contributed by atoms with Crippen molar-refractivity contribution in [3.8, 4) is 5.75 Å². The highest BCUT2D eigenvalue weighted by Gasteiger charge is 2.41. The fourth-order valence-corrected chi connectivity index (χ4v) is 2.85. The Bertz CT molecular complexity index is 614. The van der Waals surface area contributed by atoms with Crippen LogP contribution in [0.3, 0.4) is 0 Å². The molecule has 0 N–H and O–H groups in total. The Morgan fingerprint density at radius 3 is 2.77 bits per heavy atom. The van der Waals surface area contributed by atoms with Crippen LogP contribution >= 0.6 is 0 Å². The summed E-state index contributed by atoms with van der Waals surface area (Å²) in [5, 5.41) is 0. The zero-order valence-electron chi connectivity index (χ0n) is 12.2. The molecule has 0 spiro atoms. The second-order valence-corrected chi connectivity index (χ2v) is 5.21. The summed E-state index contributed by atoms with van der Waals surface area (Å²) >= 11 is 0. The quantitative estimate of drug-likeness (QED) is 0.829. The molecular formula is C15H16N2O5. The van der Waals surface area contributed by atoms with Crippen molar-refractivity contribution in [2.45, 2.75) is 12.5 Å². The Labute approximate surface area is 127 Å². The predicted octanol–water partition coefficient (Wildman–Crippen LogP) is 0.889. The van der Waals surface area contributed by atoms with Crippen molar-refractivity contribution in [3.63, 3.8) is 0 Å². The summed E-state index contributed by atoms with van der Waals surface area (Å²) in [6.45, 7) is 0.589. The number of para-hydroxylation sites is 1. The molecule has 7 heteroatoms. The van der Waals surface area contributed by atoms with E-state index in [1.54, 1.807) is 29.2 Å². The summed E-state index contributed by atoms with van der Waals surface area (Å²) in [4.78, 5) is 38.6. The number of ether oxygens (including phenoxy) is 2. The van der Waals surface area contributed by atoms with E-state index in [-0.39, 0.29) is 24.5 Å². The molecule has 2 fully saturated rings. The first-order valence-electron chi connectivity index (χ1n) is 7.03. The van der Waals surface area contributed by atoms with Gasteiger partial charge in [0, 0.05) is 13.1 Å². The number of carbonyl (C=O) groups excluding carboxylic acids is 3. The Morgan fingerprint density at radius 1 is 1.32 bits per heavy atom. The third kappa shape index (κ3) is 2.38. The summed E-state index contributed by atoms with van der Waals surface area (Å²) in [5.74, 6) is -0.00541. The van der Waals surface area contributed by atoms with Gasteiger partial charge in [0.25, 0.3) is 11.8 Å². The molecule has 2 aliphatic heterocycles. The Balaban J connectivity index is 1.74. The number of benzene rings is 1. The van der Waals surface area contributed by atoms with E-state index in [9.17, 15) is 14.4 Å². The SMILES string of the molecule is COc1ccccc1C(=O)N1CCC(N2C(=O)COC2=O)C1. The van der Waals surface area contributed by atoms with Gasteiger partial charge in [0.2, 0.25) is 0 Å². The molecule has 0 aromatic heterocycles. The molecule has 1 aromatic rings. The minimum Gasteiger partial charge on any atom is -0.496 e. The van der Waals surface area contributed by atoms with Crippen LogP contribution in [0.15, 0.2) is 24.3 Å². The highest BCUT2D eigenvalue weighted by atomic mass is 16.6. The van der Waals surface area contributed by atoms with E-state index < -0.39 is 6.09 Å². The fourth-order valence-electron chi connectivity index (χ4n) is 2.85. The van der Waals surface area contributed by atoms with Gasteiger partial charge in [0.15, 0.2) is 6.61 Å². The van der Waals surface area contributed by atoms with E-state index in [0.29, 0.717) is 30.8 Å². The summed E-state index contributed by atoms with van der Waals surface area (Å²) < 4.78 is 9.92. The van der Waals surface area contributed by atoms with Gasteiger partial charge >= 0.3 is 6.09 Å². The molecule has 3 amide bonds. The molecule has 0 aliphatic carbocycles. The number of rotatable bonds is 3. The minimum absolute atomic E-state index is 0.167. The lowest BCUT2D eigenvalue weighted by Crippen LogP contribution is -2.42. The van der Waals surface area contributed by atoms with Crippen molar-refractivity contribution in [2.75, 3.05) is 26.8 Å². The van der Waals surface area contributed by atoms with Crippen LogP contribution in [0.4, 0.5) is 4.79 Å². The highest BCUT2D eigenvalue weighted by molar-refractivity contribution is 5.99. The number of carbonyl (C=O) groups is 3. The van der Waals surface area contributed by atoms with Crippen LogP contribution in [0.25, 0.3) is 0 Å². The topological polar surface area (TPSA) is 76.2 Å². The van der Waals surface area contributed by atoms with Crippen molar-refractivity contribution < 1.29 is 23.9 Å². The van der Waals surface area contributed by atoms with Crippen LogP contribution in [-0.2, 0) is 9.53 Å². The lowest BCUT2D eigenvalue weighted by atomic mass is 10.2. The normalized spacial score (nSPS) is 21.2. The molecule has 1 unspecified atom stereocenters. The van der Waals surface area contributed by atoms with E-state index in [4.69, 9.17) is 9.47 Å². The van der Waals surface area contributed by atoms with Crippen LogP contribution in [0.2, 0.25) is 0 Å². The van der Waals surface area contributed by atoms with Crippen molar-refractivity contribution in [1.82, 2.24) is 9.80 Å². The molecule has 1 aromatic carbocycles. The molecule has 2 aliphatic rings. The molecular weight excluding hydrogens is 288 g/mol. The first-order valence-corrected chi connectivity index (χ1v) is 7.03. The third-order valence-electron chi connectivity index (χ3n) is 3.94. The van der Waals surface area contributed by atoms with Crippen LogP contribution in [0.1, 0.15) is 16.8 Å². The van der Waals surface area contributed by atoms with Crippen LogP contribution in [0, 0.1) is 0 Å². The van der Waals surface area contributed by atoms with Crippen molar-refractivity contribution >= 4 is 17.9 Å². The summed E-state index contributed by atoms with van der Waals surface area (Å²) in [6.07, 6.45) is -0.0663. The lowest BCUT2D eigenvalue weighted by molar-refractivity contribution is -0.127. The minimum atomic E-state index is -0.624. The highest BCUT2D eigenvalue weighted by Crippen LogP contribution is 2.24. The Hall–Kier alpha value is -2.57. The average Bonchev–Trinajstić information content (AvgIpc) is 3.13. The molecule has 116 valence electrons. The maximum atomic E-state index is 12.6. The van der Waals surface area contributed by atoms with Gasteiger partial charge < -0.3 is 14.4 Å². The number of hydrogen-bond donors (Lipinski definition) is 0. The number of methoxy groups -OCH3 is 1. The van der Waals surface area contributed by atoms with E-state index in [0.717, 1.165) is 4.90 Å². The van der Waals surface area contributed by atoms with Gasteiger partial charge in [-0.05, 0) is 18.6 Å². The number of imide groups is 1. The molecule has 1 atom stereocenters. The van der Waals surface area contributed by atoms with Crippen LogP contribution in [0.5, 0.6) is 5.75 Å². The van der Waals surface area contributed by atoms with Crippen molar-refractivity contribution in [1.29, 1.82) is 0 Å². The van der Waals surface area contributed by atoms with Gasteiger partial charge in [-0.1, -0.05) is 12.1 Å². The van der Waals surface area contributed by atoms with E-state index in [1.165, 1.54) is 7.11 Å². The Morgan fingerprint density at radius 2 is 2.09 bits per heavy atom. The zero-order chi connectivity index (χ0) is 15.7. The monoisotopic (exact) mass is 304 g/mol. The van der Waals surface area contributed by atoms with Crippen LogP contribution in [-0.4, -0.2) is 60.6 Å². The largest absolute Gasteiger partial charge is 0.496 e. The first-order chi connectivity index (χ1) is 10.6. The van der Waals surface area contributed by atoms with Gasteiger partial charge in [-0.2, -0.15) is 0 Å². The van der Waals surface area contributed by atoms with E-state index in [1.807, 2.05) is 0 Å². The second kappa shape index (κ2) is 5.67. The number of amides is 3. The van der Waals surface area contributed by atoms with Crippen molar-refractivity contribution in [3.05, 3.63) is 29.8 Å². The lowest BCUT2D eigenvalue weighted by Gasteiger charge is -2.21. The average molecular weight is 304 g/mol. The molecule has 2 saturated heterocycles. The number of likely N-dealkylation sites (tertiary alicyclic amines) is 1. The standard InChI is InChI=1S/C15H16N2O5/c1-21-12-5-3-2-4-11(12)14(19)16-7-6-10(8-16)17-13(18)9-22-15(17)20/h2-5,10H,6-9H2,1H3. The Kier molecular flexibility index (Phi) is 3.70. The molecule has 7 nitrogen and oxygen atoms in total. The van der Waals surface area contributed by atoms with Gasteiger partial charge in [-0.15, -0.1) is 0 Å². The fraction of sp³-hybridized carbons (Fsp3) is 0.400. The van der Waals surface area contributed by atoms with Gasteiger partial charge in [0.1, 0.15) is 5.75 Å². The maximum Gasteiger partial charge on any atom is 0.417 e. The second-order valence-electron chi connectivity index (χ2n) is 5.21. The summed E-state index contributed by atoms with van der Waals surface area (Å²) in [7, 11) is 1.51. The number of hydrogen-bond acceptors (Lipinski definition) is 5.